The number of rotatable bonds is 4. The Morgan fingerprint density at radius 3 is 2.92 bits per heavy atom. The van der Waals surface area contributed by atoms with Crippen molar-refractivity contribution in [1.82, 2.24) is 0 Å². The number of benzene rings is 1. The van der Waals surface area contributed by atoms with E-state index in [1.54, 1.807) is 0 Å². The van der Waals surface area contributed by atoms with E-state index in [0.29, 0.717) is 0 Å². The molecule has 0 saturated carbocycles. The highest BCUT2D eigenvalue weighted by Gasteiger charge is 1.99. The van der Waals surface area contributed by atoms with Crippen molar-refractivity contribution in [2.24, 2.45) is 0 Å². The predicted octanol–water partition coefficient (Wildman–Crippen LogP) is 2.35. The molecule has 0 heterocycles. The van der Waals surface area contributed by atoms with Crippen LogP contribution < -0.4 is 11.1 Å². The lowest BCUT2D eigenvalue weighted by atomic mass is 10.2. The van der Waals surface area contributed by atoms with Gasteiger partial charge in [-0.3, -0.25) is 0 Å². The number of nitrogens with one attached hydrogen (secondary N) is 1. The standard InChI is InChI=1S/C10H16N2S/c1-8-4-3-5-9(10(8)11)12-6-7-13-2/h3-5,12H,6-7,11H2,1-2H3. The Labute approximate surface area is 83.9 Å². The minimum Gasteiger partial charge on any atom is -0.397 e. The fourth-order valence-electron chi connectivity index (χ4n) is 1.12. The van der Waals surface area contributed by atoms with Crippen molar-refractivity contribution < 1.29 is 0 Å². The molecule has 0 aliphatic carbocycles. The number of thioether (sulfide) groups is 1. The van der Waals surface area contributed by atoms with Crippen LogP contribution in [0.25, 0.3) is 0 Å². The summed E-state index contributed by atoms with van der Waals surface area (Å²) in [5, 5.41) is 3.31. The van der Waals surface area contributed by atoms with E-state index in [2.05, 4.69) is 11.6 Å². The zero-order valence-electron chi connectivity index (χ0n) is 8.13. The molecule has 0 amide bonds. The molecule has 72 valence electrons. The number of nitrogen functional groups attached to an aromatic ring is 1. The van der Waals surface area contributed by atoms with E-state index < -0.39 is 0 Å². The van der Waals surface area contributed by atoms with E-state index in [4.69, 9.17) is 5.73 Å². The molecule has 0 bridgehead atoms. The molecule has 0 aliphatic heterocycles. The summed E-state index contributed by atoms with van der Waals surface area (Å²) >= 11 is 1.83. The van der Waals surface area contributed by atoms with Gasteiger partial charge in [0.15, 0.2) is 0 Å². The summed E-state index contributed by atoms with van der Waals surface area (Å²) < 4.78 is 0. The highest BCUT2D eigenvalue weighted by Crippen LogP contribution is 2.21. The van der Waals surface area contributed by atoms with Gasteiger partial charge in [-0.15, -0.1) is 0 Å². The highest BCUT2D eigenvalue weighted by atomic mass is 32.2. The molecule has 3 N–H and O–H groups in total. The summed E-state index contributed by atoms with van der Waals surface area (Å²) in [5.74, 6) is 1.10. The van der Waals surface area contributed by atoms with E-state index in [0.717, 1.165) is 29.2 Å². The van der Waals surface area contributed by atoms with Gasteiger partial charge in [0.05, 0.1) is 11.4 Å². The topological polar surface area (TPSA) is 38.0 Å². The lowest BCUT2D eigenvalue weighted by Gasteiger charge is -2.09. The van der Waals surface area contributed by atoms with Gasteiger partial charge < -0.3 is 11.1 Å². The molecular weight excluding hydrogens is 180 g/mol. The maximum Gasteiger partial charge on any atom is 0.0579 e. The molecule has 2 nitrogen and oxygen atoms in total. The number of hydrogen-bond donors (Lipinski definition) is 2. The zero-order chi connectivity index (χ0) is 9.68. The second-order valence-corrected chi connectivity index (χ2v) is 3.94. The fourth-order valence-corrected chi connectivity index (χ4v) is 1.43. The molecule has 0 atom stereocenters. The Hall–Kier alpha value is -0.830. The van der Waals surface area contributed by atoms with Crippen LogP contribution in [0.1, 0.15) is 5.56 Å². The summed E-state index contributed by atoms with van der Waals surface area (Å²) in [5.41, 5.74) is 8.94. The molecule has 0 radical (unpaired) electrons. The first-order chi connectivity index (χ1) is 6.25. The Kier molecular flexibility index (Phi) is 3.96. The second kappa shape index (κ2) is 5.02. The molecule has 1 aromatic rings. The van der Waals surface area contributed by atoms with Crippen LogP contribution in [0.15, 0.2) is 18.2 Å². The molecular formula is C10H16N2S. The summed E-state index contributed by atoms with van der Waals surface area (Å²) in [6, 6.07) is 6.06. The predicted molar refractivity (Wildman–Crippen MR) is 62.5 cm³/mol. The van der Waals surface area contributed by atoms with E-state index >= 15 is 0 Å². The van der Waals surface area contributed by atoms with E-state index in [1.807, 2.05) is 36.9 Å². The van der Waals surface area contributed by atoms with Gasteiger partial charge in [0.25, 0.3) is 0 Å². The zero-order valence-corrected chi connectivity index (χ0v) is 8.95. The molecule has 0 aliphatic rings. The first-order valence-corrected chi connectivity index (χ1v) is 5.73. The lowest BCUT2D eigenvalue weighted by Crippen LogP contribution is -2.06. The molecule has 0 spiro atoms. The Balaban J connectivity index is 2.61. The number of hydrogen-bond acceptors (Lipinski definition) is 3. The number of aryl methyl sites for hydroxylation is 1. The van der Waals surface area contributed by atoms with Crippen LogP contribution in [0.4, 0.5) is 11.4 Å². The third-order valence-corrected chi connectivity index (χ3v) is 2.56. The SMILES string of the molecule is CSCCNc1cccc(C)c1N. The molecule has 13 heavy (non-hydrogen) atoms. The fraction of sp³-hybridized carbons (Fsp3) is 0.400. The smallest absolute Gasteiger partial charge is 0.0579 e. The van der Waals surface area contributed by atoms with Crippen molar-refractivity contribution in [2.45, 2.75) is 6.92 Å². The maximum absolute atomic E-state index is 5.90. The van der Waals surface area contributed by atoms with Crippen LogP contribution in [-0.4, -0.2) is 18.6 Å². The number of para-hydroxylation sites is 1. The summed E-state index contributed by atoms with van der Waals surface area (Å²) in [4.78, 5) is 0. The minimum absolute atomic E-state index is 0.864. The van der Waals surface area contributed by atoms with Crippen molar-refractivity contribution in [3.63, 3.8) is 0 Å². The van der Waals surface area contributed by atoms with Crippen molar-refractivity contribution >= 4 is 23.1 Å². The maximum atomic E-state index is 5.90. The average molecular weight is 196 g/mol. The molecule has 0 unspecified atom stereocenters. The molecule has 1 rings (SSSR count). The number of anilines is 2. The average Bonchev–Trinajstić information content (AvgIpc) is 2.13. The first-order valence-electron chi connectivity index (χ1n) is 4.33. The van der Waals surface area contributed by atoms with Gasteiger partial charge in [0, 0.05) is 12.3 Å². The van der Waals surface area contributed by atoms with Crippen LogP contribution in [0.5, 0.6) is 0 Å². The summed E-state index contributed by atoms with van der Waals surface area (Å²) in [6.45, 7) is 2.99. The van der Waals surface area contributed by atoms with E-state index in [9.17, 15) is 0 Å². The Morgan fingerprint density at radius 2 is 2.23 bits per heavy atom. The first kappa shape index (κ1) is 10.3. The van der Waals surface area contributed by atoms with Crippen molar-refractivity contribution in [1.29, 1.82) is 0 Å². The van der Waals surface area contributed by atoms with E-state index in [1.165, 1.54) is 0 Å². The summed E-state index contributed by atoms with van der Waals surface area (Å²) in [6.07, 6.45) is 2.10. The van der Waals surface area contributed by atoms with Gasteiger partial charge in [-0.05, 0) is 24.8 Å². The minimum atomic E-state index is 0.864. The Bertz CT molecular complexity index is 274. The van der Waals surface area contributed by atoms with Crippen LogP contribution in [0, 0.1) is 6.92 Å². The monoisotopic (exact) mass is 196 g/mol. The van der Waals surface area contributed by atoms with Crippen LogP contribution >= 0.6 is 11.8 Å². The van der Waals surface area contributed by atoms with Gasteiger partial charge in [0.1, 0.15) is 0 Å². The normalized spacial score (nSPS) is 10.0. The van der Waals surface area contributed by atoms with Crippen LogP contribution in [0.3, 0.4) is 0 Å². The Morgan fingerprint density at radius 1 is 1.46 bits per heavy atom. The van der Waals surface area contributed by atoms with Gasteiger partial charge in [0.2, 0.25) is 0 Å². The van der Waals surface area contributed by atoms with Crippen molar-refractivity contribution in [3.8, 4) is 0 Å². The quantitative estimate of drug-likeness (QED) is 0.573. The highest BCUT2D eigenvalue weighted by molar-refractivity contribution is 7.98. The molecule has 0 aromatic heterocycles. The van der Waals surface area contributed by atoms with Crippen molar-refractivity contribution in [3.05, 3.63) is 23.8 Å². The molecule has 0 saturated heterocycles. The molecule has 3 heteroatoms. The molecule has 0 fully saturated rings. The lowest BCUT2D eigenvalue weighted by molar-refractivity contribution is 1.23. The van der Waals surface area contributed by atoms with Crippen molar-refractivity contribution in [2.75, 3.05) is 29.6 Å². The van der Waals surface area contributed by atoms with Gasteiger partial charge in [-0.25, -0.2) is 0 Å². The van der Waals surface area contributed by atoms with Gasteiger partial charge >= 0.3 is 0 Å². The van der Waals surface area contributed by atoms with Gasteiger partial charge in [-0.2, -0.15) is 11.8 Å². The van der Waals surface area contributed by atoms with Crippen LogP contribution in [-0.2, 0) is 0 Å². The van der Waals surface area contributed by atoms with E-state index in [-0.39, 0.29) is 0 Å². The second-order valence-electron chi connectivity index (χ2n) is 2.96. The van der Waals surface area contributed by atoms with Gasteiger partial charge in [-0.1, -0.05) is 12.1 Å². The summed E-state index contributed by atoms with van der Waals surface area (Å²) in [7, 11) is 0. The number of nitrogens with two attached hydrogens (primary N) is 1. The third-order valence-electron chi connectivity index (χ3n) is 1.95. The largest absolute Gasteiger partial charge is 0.397 e. The molecule has 1 aromatic carbocycles. The third kappa shape index (κ3) is 2.84. The van der Waals surface area contributed by atoms with Crippen LogP contribution in [0.2, 0.25) is 0 Å².